The third kappa shape index (κ3) is 1.20. The summed E-state index contributed by atoms with van der Waals surface area (Å²) in [6, 6.07) is 11.6. The molecule has 16 heavy (non-hydrogen) atoms. The molecular weight excluding hydrogens is 198 g/mol. The van der Waals surface area contributed by atoms with E-state index in [0.29, 0.717) is 6.04 Å². The van der Waals surface area contributed by atoms with Gasteiger partial charge in [0.05, 0.1) is 12.2 Å². The normalized spacial score (nSPS) is 44.9. The van der Waals surface area contributed by atoms with E-state index in [2.05, 4.69) is 35.6 Å². The SMILES string of the molecule is c1ccc(C23CCC(CC4(CO4)C2)N3)cc1. The molecule has 3 saturated heterocycles. The second-order valence-electron chi connectivity index (χ2n) is 5.68. The number of piperidine rings is 1. The van der Waals surface area contributed by atoms with Crippen molar-refractivity contribution in [3.05, 3.63) is 35.9 Å². The molecule has 3 aliphatic heterocycles. The molecule has 3 fully saturated rings. The van der Waals surface area contributed by atoms with Crippen LogP contribution >= 0.6 is 0 Å². The maximum absolute atomic E-state index is 5.72. The highest BCUT2D eigenvalue weighted by atomic mass is 16.6. The largest absolute Gasteiger partial charge is 0.369 e. The average molecular weight is 215 g/mol. The van der Waals surface area contributed by atoms with Gasteiger partial charge in [-0.1, -0.05) is 30.3 Å². The van der Waals surface area contributed by atoms with Crippen molar-refractivity contribution in [2.75, 3.05) is 6.61 Å². The Morgan fingerprint density at radius 3 is 2.81 bits per heavy atom. The minimum absolute atomic E-state index is 0.209. The second-order valence-corrected chi connectivity index (χ2v) is 5.68. The first-order valence-electron chi connectivity index (χ1n) is 6.28. The highest BCUT2D eigenvalue weighted by molar-refractivity contribution is 5.30. The lowest BCUT2D eigenvalue weighted by molar-refractivity contribution is 0.155. The Hall–Kier alpha value is -0.860. The molecule has 0 saturated carbocycles. The van der Waals surface area contributed by atoms with Crippen LogP contribution in [0.4, 0.5) is 0 Å². The minimum Gasteiger partial charge on any atom is -0.369 e. The van der Waals surface area contributed by atoms with Gasteiger partial charge in [0.15, 0.2) is 0 Å². The van der Waals surface area contributed by atoms with Gasteiger partial charge in [0.25, 0.3) is 0 Å². The Labute approximate surface area is 96.0 Å². The minimum atomic E-state index is 0.209. The van der Waals surface area contributed by atoms with Crippen LogP contribution in [0, 0.1) is 0 Å². The van der Waals surface area contributed by atoms with Gasteiger partial charge < -0.3 is 10.1 Å². The Balaban J connectivity index is 1.75. The monoisotopic (exact) mass is 215 g/mol. The lowest BCUT2D eigenvalue weighted by atomic mass is 9.78. The summed E-state index contributed by atoms with van der Waals surface area (Å²) in [5.41, 5.74) is 1.90. The number of hydrogen-bond acceptors (Lipinski definition) is 2. The van der Waals surface area contributed by atoms with Crippen molar-refractivity contribution < 1.29 is 4.74 Å². The van der Waals surface area contributed by atoms with Crippen LogP contribution in [0.3, 0.4) is 0 Å². The van der Waals surface area contributed by atoms with Crippen LogP contribution in [0.25, 0.3) is 0 Å². The van der Waals surface area contributed by atoms with E-state index in [9.17, 15) is 0 Å². The summed E-state index contributed by atoms with van der Waals surface area (Å²) in [6.07, 6.45) is 4.97. The molecule has 4 rings (SSSR count). The molecule has 1 N–H and O–H groups in total. The molecule has 1 aromatic rings. The van der Waals surface area contributed by atoms with Crippen LogP contribution in [0.15, 0.2) is 30.3 Å². The van der Waals surface area contributed by atoms with E-state index >= 15 is 0 Å². The van der Waals surface area contributed by atoms with Crippen molar-refractivity contribution in [3.8, 4) is 0 Å². The van der Waals surface area contributed by atoms with E-state index in [1.54, 1.807) is 0 Å². The average Bonchev–Trinajstić information content (AvgIpc) is 2.98. The van der Waals surface area contributed by atoms with E-state index in [4.69, 9.17) is 4.74 Å². The standard InChI is InChI=1S/C14H17NO/c1-2-4-11(5-3-1)14-7-6-12(15-14)8-13(9-14)10-16-13/h1-5,12,15H,6-10H2. The van der Waals surface area contributed by atoms with E-state index < -0.39 is 0 Å². The van der Waals surface area contributed by atoms with Gasteiger partial charge in [0.1, 0.15) is 0 Å². The van der Waals surface area contributed by atoms with Crippen molar-refractivity contribution in [2.45, 2.75) is 42.9 Å². The highest BCUT2D eigenvalue weighted by Crippen LogP contribution is 2.53. The van der Waals surface area contributed by atoms with Crippen LogP contribution in [0.2, 0.25) is 0 Å². The van der Waals surface area contributed by atoms with Crippen molar-refractivity contribution >= 4 is 0 Å². The molecule has 1 aromatic carbocycles. The zero-order valence-corrected chi connectivity index (χ0v) is 9.41. The molecule has 1 spiro atoms. The molecule has 3 unspecified atom stereocenters. The van der Waals surface area contributed by atoms with Crippen LogP contribution in [-0.4, -0.2) is 18.2 Å². The molecule has 0 amide bonds. The van der Waals surface area contributed by atoms with E-state index in [-0.39, 0.29) is 11.1 Å². The first-order valence-corrected chi connectivity index (χ1v) is 6.28. The number of ether oxygens (including phenoxy) is 1. The highest BCUT2D eigenvalue weighted by Gasteiger charge is 2.59. The number of fused-ring (bicyclic) bond motifs is 2. The van der Waals surface area contributed by atoms with Crippen LogP contribution in [0.5, 0.6) is 0 Å². The number of nitrogens with one attached hydrogen (secondary N) is 1. The van der Waals surface area contributed by atoms with Crippen molar-refractivity contribution in [1.82, 2.24) is 5.32 Å². The zero-order chi connectivity index (χ0) is 10.6. The van der Waals surface area contributed by atoms with Gasteiger partial charge in [-0.3, -0.25) is 0 Å². The van der Waals surface area contributed by atoms with E-state index in [1.165, 1.54) is 31.2 Å². The van der Waals surface area contributed by atoms with E-state index in [1.807, 2.05) is 0 Å². The maximum atomic E-state index is 5.72. The molecule has 0 radical (unpaired) electrons. The second kappa shape index (κ2) is 2.88. The Morgan fingerprint density at radius 1 is 1.25 bits per heavy atom. The van der Waals surface area contributed by atoms with Crippen LogP contribution in [-0.2, 0) is 10.3 Å². The Bertz CT molecular complexity index is 412. The van der Waals surface area contributed by atoms with Gasteiger partial charge in [0.2, 0.25) is 0 Å². The molecule has 3 atom stereocenters. The lowest BCUT2D eigenvalue weighted by Crippen LogP contribution is -2.50. The topological polar surface area (TPSA) is 24.6 Å². The van der Waals surface area contributed by atoms with E-state index in [0.717, 1.165) is 6.61 Å². The number of rotatable bonds is 1. The van der Waals surface area contributed by atoms with Gasteiger partial charge in [-0.2, -0.15) is 0 Å². The quantitative estimate of drug-likeness (QED) is 0.726. The molecular formula is C14H17NO. The molecule has 2 bridgehead atoms. The lowest BCUT2D eigenvalue weighted by Gasteiger charge is -2.38. The summed E-state index contributed by atoms with van der Waals surface area (Å²) >= 11 is 0. The molecule has 2 nitrogen and oxygen atoms in total. The molecule has 3 aliphatic rings. The van der Waals surface area contributed by atoms with Gasteiger partial charge in [-0.05, 0) is 24.8 Å². The van der Waals surface area contributed by atoms with Crippen LogP contribution in [0.1, 0.15) is 31.2 Å². The Morgan fingerprint density at radius 2 is 2.06 bits per heavy atom. The van der Waals surface area contributed by atoms with Crippen molar-refractivity contribution in [3.63, 3.8) is 0 Å². The summed E-state index contributed by atoms with van der Waals surface area (Å²) < 4.78 is 5.72. The number of epoxide rings is 1. The first-order chi connectivity index (χ1) is 7.80. The third-order valence-corrected chi connectivity index (χ3v) is 4.52. The summed E-state index contributed by atoms with van der Waals surface area (Å²) in [5.74, 6) is 0. The smallest absolute Gasteiger partial charge is 0.0952 e. The van der Waals surface area contributed by atoms with Crippen LogP contribution < -0.4 is 5.32 Å². The third-order valence-electron chi connectivity index (χ3n) is 4.52. The molecule has 3 heterocycles. The predicted molar refractivity (Wildman–Crippen MR) is 62.2 cm³/mol. The summed E-state index contributed by atoms with van der Waals surface area (Å²) in [7, 11) is 0. The van der Waals surface area contributed by atoms with Gasteiger partial charge in [-0.15, -0.1) is 0 Å². The Kier molecular flexibility index (Phi) is 1.65. The maximum Gasteiger partial charge on any atom is 0.0952 e. The number of hydrogen-bond donors (Lipinski definition) is 1. The zero-order valence-electron chi connectivity index (χ0n) is 9.41. The number of benzene rings is 1. The van der Waals surface area contributed by atoms with Gasteiger partial charge in [0, 0.05) is 18.0 Å². The predicted octanol–water partition coefficient (Wildman–Crippen LogP) is 2.20. The first kappa shape index (κ1) is 9.20. The molecule has 84 valence electrons. The van der Waals surface area contributed by atoms with Gasteiger partial charge in [-0.25, -0.2) is 0 Å². The van der Waals surface area contributed by atoms with Gasteiger partial charge >= 0.3 is 0 Å². The summed E-state index contributed by atoms with van der Waals surface area (Å²) in [5, 5.41) is 3.84. The fraction of sp³-hybridized carbons (Fsp3) is 0.571. The van der Waals surface area contributed by atoms with Crippen molar-refractivity contribution in [1.29, 1.82) is 0 Å². The molecule has 2 heteroatoms. The molecule has 0 aliphatic carbocycles. The summed E-state index contributed by atoms with van der Waals surface area (Å²) in [6.45, 7) is 0.986. The fourth-order valence-electron chi connectivity index (χ4n) is 3.73. The molecule has 0 aromatic heterocycles. The summed E-state index contributed by atoms with van der Waals surface area (Å²) in [4.78, 5) is 0. The van der Waals surface area contributed by atoms with Crippen molar-refractivity contribution in [2.24, 2.45) is 0 Å². The fourth-order valence-corrected chi connectivity index (χ4v) is 3.73.